The number of aliphatic imine (C=N–C) groups is 1. The number of nitro groups is 1. The number of nitrogens with one attached hydrogen (secondary N) is 1. The average Bonchev–Trinajstić information content (AvgIpc) is 3.50. The SMILES string of the molecule is CC(c1ccc(N=C(c2ccccc2)c2c(O)[nH]c3ccc([N+](=O)[O-])cc23)cc1)N1CCCC1. The van der Waals surface area contributed by atoms with Gasteiger partial charge in [0.2, 0.25) is 0 Å². The number of likely N-dealkylation sites (tertiary alicyclic amines) is 1. The van der Waals surface area contributed by atoms with Crippen LogP contribution in [0.15, 0.2) is 77.8 Å². The Hall–Kier alpha value is -3.97. The fourth-order valence-corrected chi connectivity index (χ4v) is 4.68. The van der Waals surface area contributed by atoms with Crippen LogP contribution in [-0.2, 0) is 0 Å². The minimum atomic E-state index is -0.438. The van der Waals surface area contributed by atoms with Gasteiger partial charge in [-0.05, 0) is 56.6 Å². The maximum atomic E-state index is 11.4. The van der Waals surface area contributed by atoms with E-state index in [0.29, 0.717) is 28.2 Å². The van der Waals surface area contributed by atoms with E-state index in [1.54, 1.807) is 6.07 Å². The molecule has 1 fully saturated rings. The highest BCUT2D eigenvalue weighted by molar-refractivity contribution is 6.22. The second-order valence-electron chi connectivity index (χ2n) is 8.67. The van der Waals surface area contributed by atoms with Gasteiger partial charge in [0, 0.05) is 34.6 Å². The van der Waals surface area contributed by atoms with Gasteiger partial charge >= 0.3 is 0 Å². The maximum absolute atomic E-state index is 11.4. The molecule has 1 unspecified atom stereocenters. The summed E-state index contributed by atoms with van der Waals surface area (Å²) in [6.07, 6.45) is 2.50. The zero-order chi connectivity index (χ0) is 23.7. The molecule has 0 amide bonds. The molecule has 7 heteroatoms. The van der Waals surface area contributed by atoms with Crippen LogP contribution in [0.5, 0.6) is 5.88 Å². The molecule has 2 N–H and O–H groups in total. The van der Waals surface area contributed by atoms with Gasteiger partial charge in [0.05, 0.1) is 21.9 Å². The van der Waals surface area contributed by atoms with Crippen molar-refractivity contribution in [3.8, 4) is 5.88 Å². The monoisotopic (exact) mass is 454 g/mol. The number of fused-ring (bicyclic) bond motifs is 1. The number of nitrogens with zero attached hydrogens (tertiary/aromatic N) is 3. The molecule has 4 aromatic rings. The van der Waals surface area contributed by atoms with Crippen LogP contribution in [-0.4, -0.2) is 38.7 Å². The molecule has 0 radical (unpaired) electrons. The molecule has 7 nitrogen and oxygen atoms in total. The zero-order valence-corrected chi connectivity index (χ0v) is 18.9. The van der Waals surface area contributed by atoms with Gasteiger partial charge in [-0.25, -0.2) is 4.99 Å². The summed E-state index contributed by atoms with van der Waals surface area (Å²) >= 11 is 0. The summed E-state index contributed by atoms with van der Waals surface area (Å²) in [4.78, 5) is 21.3. The van der Waals surface area contributed by atoms with Gasteiger partial charge in [-0.2, -0.15) is 0 Å². The maximum Gasteiger partial charge on any atom is 0.270 e. The van der Waals surface area contributed by atoms with E-state index in [1.165, 1.54) is 30.5 Å². The third-order valence-electron chi connectivity index (χ3n) is 6.56. The molecule has 1 aliphatic heterocycles. The predicted octanol–water partition coefficient (Wildman–Crippen LogP) is 6.11. The molecule has 1 aromatic heterocycles. The van der Waals surface area contributed by atoms with E-state index in [-0.39, 0.29) is 11.6 Å². The average molecular weight is 455 g/mol. The summed E-state index contributed by atoms with van der Waals surface area (Å²) in [6, 6.07) is 22.6. The smallest absolute Gasteiger partial charge is 0.270 e. The first-order chi connectivity index (χ1) is 16.5. The van der Waals surface area contributed by atoms with E-state index in [0.717, 1.165) is 24.3 Å². The van der Waals surface area contributed by atoms with Crippen LogP contribution in [0.2, 0.25) is 0 Å². The minimum Gasteiger partial charge on any atom is -0.494 e. The molecule has 3 aromatic carbocycles. The molecule has 1 atom stereocenters. The van der Waals surface area contributed by atoms with E-state index in [2.05, 4.69) is 28.9 Å². The Morgan fingerprint density at radius 3 is 2.44 bits per heavy atom. The lowest BCUT2D eigenvalue weighted by Crippen LogP contribution is -2.23. The number of rotatable bonds is 6. The lowest BCUT2D eigenvalue weighted by Gasteiger charge is -2.24. The van der Waals surface area contributed by atoms with Crippen molar-refractivity contribution in [3.63, 3.8) is 0 Å². The molecule has 0 saturated carbocycles. The fraction of sp³-hybridized carbons (Fsp3) is 0.222. The number of nitro benzene ring substituents is 1. The summed E-state index contributed by atoms with van der Waals surface area (Å²) in [7, 11) is 0. The second-order valence-corrected chi connectivity index (χ2v) is 8.67. The molecule has 0 spiro atoms. The number of aromatic nitrogens is 1. The van der Waals surface area contributed by atoms with Crippen molar-refractivity contribution < 1.29 is 10.0 Å². The van der Waals surface area contributed by atoms with Crippen molar-refractivity contribution in [1.29, 1.82) is 0 Å². The highest BCUT2D eigenvalue weighted by atomic mass is 16.6. The van der Waals surface area contributed by atoms with Crippen molar-refractivity contribution in [2.75, 3.05) is 13.1 Å². The lowest BCUT2D eigenvalue weighted by atomic mass is 10.0. The Morgan fingerprint density at radius 1 is 1.06 bits per heavy atom. The molecule has 5 rings (SSSR count). The summed E-state index contributed by atoms with van der Waals surface area (Å²) in [5.74, 6) is -0.0719. The number of non-ortho nitro benzene ring substituents is 1. The van der Waals surface area contributed by atoms with Gasteiger partial charge in [0.1, 0.15) is 0 Å². The van der Waals surface area contributed by atoms with Gasteiger partial charge in [0.15, 0.2) is 5.88 Å². The largest absolute Gasteiger partial charge is 0.494 e. The first-order valence-electron chi connectivity index (χ1n) is 11.5. The normalized spacial score (nSPS) is 15.6. The quantitative estimate of drug-likeness (QED) is 0.209. The second kappa shape index (κ2) is 9.11. The predicted molar refractivity (Wildman–Crippen MR) is 134 cm³/mol. The van der Waals surface area contributed by atoms with E-state index in [1.807, 2.05) is 42.5 Å². The first kappa shape index (κ1) is 21.9. The summed E-state index contributed by atoms with van der Waals surface area (Å²) in [5.41, 5.74) is 4.35. The number of H-pyrrole nitrogens is 1. The molecule has 1 saturated heterocycles. The summed E-state index contributed by atoms with van der Waals surface area (Å²) in [6.45, 7) is 4.49. The fourth-order valence-electron chi connectivity index (χ4n) is 4.68. The standard InChI is InChI=1S/C27H26N4O3/c1-18(30-15-5-6-16-30)19-9-11-21(12-10-19)28-26(20-7-3-2-4-8-20)25-23-17-22(31(33)34)13-14-24(23)29-27(25)32/h2-4,7-14,17-18,29,32H,5-6,15-16H2,1H3. The van der Waals surface area contributed by atoms with E-state index >= 15 is 0 Å². The molecule has 1 aliphatic rings. The van der Waals surface area contributed by atoms with Crippen molar-refractivity contribution in [3.05, 3.63) is 99.6 Å². The van der Waals surface area contributed by atoms with Crippen LogP contribution in [0.25, 0.3) is 10.9 Å². The van der Waals surface area contributed by atoms with Crippen molar-refractivity contribution in [1.82, 2.24) is 9.88 Å². The molecule has 0 bridgehead atoms. The highest BCUT2D eigenvalue weighted by Gasteiger charge is 2.22. The highest BCUT2D eigenvalue weighted by Crippen LogP contribution is 2.34. The van der Waals surface area contributed by atoms with Crippen molar-refractivity contribution >= 4 is 28.0 Å². The Balaban J connectivity index is 1.60. The Kier molecular flexibility index (Phi) is 5.86. The van der Waals surface area contributed by atoms with Crippen LogP contribution in [0.4, 0.5) is 11.4 Å². The van der Waals surface area contributed by atoms with Crippen molar-refractivity contribution in [2.24, 2.45) is 4.99 Å². The number of aromatic amines is 1. The van der Waals surface area contributed by atoms with Gasteiger partial charge in [-0.1, -0.05) is 42.5 Å². The van der Waals surface area contributed by atoms with Crippen molar-refractivity contribution in [2.45, 2.75) is 25.8 Å². The van der Waals surface area contributed by atoms with Crippen LogP contribution < -0.4 is 0 Å². The summed E-state index contributed by atoms with van der Waals surface area (Å²) in [5, 5.41) is 22.7. The Bertz CT molecular complexity index is 1350. The number of benzene rings is 3. The van der Waals surface area contributed by atoms with E-state index < -0.39 is 4.92 Å². The van der Waals surface area contributed by atoms with Crippen LogP contribution >= 0.6 is 0 Å². The Morgan fingerprint density at radius 2 is 1.76 bits per heavy atom. The van der Waals surface area contributed by atoms with Gasteiger partial charge in [-0.3, -0.25) is 15.0 Å². The first-order valence-corrected chi connectivity index (χ1v) is 11.5. The minimum absolute atomic E-state index is 0.0413. The third kappa shape index (κ3) is 4.18. The molecule has 34 heavy (non-hydrogen) atoms. The Labute approximate surface area is 197 Å². The third-order valence-corrected chi connectivity index (χ3v) is 6.56. The molecule has 0 aliphatic carbocycles. The molecular weight excluding hydrogens is 428 g/mol. The topological polar surface area (TPSA) is 94.8 Å². The lowest BCUT2D eigenvalue weighted by molar-refractivity contribution is -0.384. The number of hydrogen-bond acceptors (Lipinski definition) is 5. The number of aromatic hydroxyl groups is 1. The summed E-state index contributed by atoms with van der Waals surface area (Å²) < 4.78 is 0. The van der Waals surface area contributed by atoms with E-state index in [9.17, 15) is 15.2 Å². The van der Waals surface area contributed by atoms with Gasteiger partial charge in [0.25, 0.3) is 5.69 Å². The zero-order valence-electron chi connectivity index (χ0n) is 18.9. The molecular formula is C27H26N4O3. The van der Waals surface area contributed by atoms with Gasteiger partial charge in [-0.15, -0.1) is 0 Å². The van der Waals surface area contributed by atoms with Gasteiger partial charge < -0.3 is 10.1 Å². The van der Waals surface area contributed by atoms with Crippen LogP contribution in [0.3, 0.4) is 0 Å². The number of hydrogen-bond donors (Lipinski definition) is 2. The molecule has 2 heterocycles. The molecule has 172 valence electrons. The van der Waals surface area contributed by atoms with Crippen LogP contribution in [0, 0.1) is 10.1 Å². The van der Waals surface area contributed by atoms with Crippen LogP contribution in [0.1, 0.15) is 42.5 Å². The van der Waals surface area contributed by atoms with E-state index in [4.69, 9.17) is 4.99 Å².